The summed E-state index contributed by atoms with van der Waals surface area (Å²) in [5.74, 6) is 0. The SMILES string of the molecule is CCNCC1CCCCN1c1ccc(S(=O)(=O)NC)cc1. The summed E-state index contributed by atoms with van der Waals surface area (Å²) in [6, 6.07) is 7.67. The molecule has 0 bridgehead atoms. The fourth-order valence-corrected chi connectivity index (χ4v) is 3.53. The number of likely N-dealkylation sites (N-methyl/N-ethyl adjacent to an activating group) is 1. The lowest BCUT2D eigenvalue weighted by Gasteiger charge is -2.37. The number of hydrogen-bond donors (Lipinski definition) is 2. The number of nitrogens with zero attached hydrogens (tertiary/aromatic N) is 1. The zero-order chi connectivity index (χ0) is 15.3. The van der Waals surface area contributed by atoms with Crippen molar-refractivity contribution in [3.05, 3.63) is 24.3 Å². The highest BCUT2D eigenvalue weighted by Gasteiger charge is 2.22. The molecule has 0 spiro atoms. The second kappa shape index (κ2) is 7.24. The Morgan fingerprint density at radius 2 is 1.95 bits per heavy atom. The maximum absolute atomic E-state index is 11.8. The first-order valence-corrected chi connectivity index (χ1v) is 9.07. The molecule has 1 unspecified atom stereocenters. The van der Waals surface area contributed by atoms with Gasteiger partial charge in [-0.05, 0) is 57.1 Å². The van der Waals surface area contributed by atoms with Gasteiger partial charge in [-0.3, -0.25) is 0 Å². The van der Waals surface area contributed by atoms with Gasteiger partial charge in [0.25, 0.3) is 0 Å². The molecule has 1 atom stereocenters. The van der Waals surface area contributed by atoms with Crippen LogP contribution in [-0.2, 0) is 10.0 Å². The standard InChI is InChI=1S/C15H25N3O2S/c1-3-17-12-14-6-4-5-11-18(14)13-7-9-15(10-8-13)21(19,20)16-2/h7-10,14,16-17H,3-6,11-12H2,1-2H3. The molecule has 0 aliphatic carbocycles. The molecule has 1 fully saturated rings. The third-order valence-corrected chi connectivity index (χ3v) is 5.43. The van der Waals surface area contributed by atoms with E-state index in [4.69, 9.17) is 0 Å². The van der Waals surface area contributed by atoms with E-state index in [0.717, 1.165) is 25.3 Å². The van der Waals surface area contributed by atoms with Gasteiger partial charge in [-0.2, -0.15) is 0 Å². The van der Waals surface area contributed by atoms with Crippen LogP contribution in [0.3, 0.4) is 0 Å². The van der Waals surface area contributed by atoms with Gasteiger partial charge in [0.15, 0.2) is 0 Å². The van der Waals surface area contributed by atoms with Crippen LogP contribution in [0, 0.1) is 0 Å². The monoisotopic (exact) mass is 311 g/mol. The Morgan fingerprint density at radius 1 is 1.24 bits per heavy atom. The van der Waals surface area contributed by atoms with Crippen molar-refractivity contribution in [2.45, 2.75) is 37.1 Å². The van der Waals surface area contributed by atoms with Crippen LogP contribution in [0.1, 0.15) is 26.2 Å². The van der Waals surface area contributed by atoms with Gasteiger partial charge >= 0.3 is 0 Å². The Bertz CT molecular complexity index is 543. The van der Waals surface area contributed by atoms with Gasteiger partial charge in [0.1, 0.15) is 0 Å². The normalized spacial score (nSPS) is 19.7. The van der Waals surface area contributed by atoms with Crippen LogP contribution < -0.4 is 14.9 Å². The van der Waals surface area contributed by atoms with E-state index in [-0.39, 0.29) is 0 Å². The van der Waals surface area contributed by atoms with Crippen molar-refractivity contribution >= 4 is 15.7 Å². The largest absolute Gasteiger partial charge is 0.367 e. The smallest absolute Gasteiger partial charge is 0.240 e. The van der Waals surface area contributed by atoms with Crippen molar-refractivity contribution in [1.82, 2.24) is 10.0 Å². The predicted molar refractivity (Wildman–Crippen MR) is 86.2 cm³/mol. The van der Waals surface area contributed by atoms with Crippen molar-refractivity contribution in [3.63, 3.8) is 0 Å². The van der Waals surface area contributed by atoms with E-state index in [0.29, 0.717) is 10.9 Å². The molecule has 1 aliphatic rings. The molecular formula is C15H25N3O2S. The van der Waals surface area contributed by atoms with E-state index in [1.807, 2.05) is 12.1 Å². The Kier molecular flexibility index (Phi) is 5.61. The van der Waals surface area contributed by atoms with Crippen LogP contribution >= 0.6 is 0 Å². The van der Waals surface area contributed by atoms with Gasteiger partial charge < -0.3 is 10.2 Å². The summed E-state index contributed by atoms with van der Waals surface area (Å²) in [6.45, 7) is 5.11. The van der Waals surface area contributed by atoms with E-state index < -0.39 is 10.0 Å². The third-order valence-electron chi connectivity index (χ3n) is 4.00. The number of piperidine rings is 1. The molecule has 5 nitrogen and oxygen atoms in total. The number of hydrogen-bond acceptors (Lipinski definition) is 4. The number of benzene rings is 1. The maximum Gasteiger partial charge on any atom is 0.240 e. The lowest BCUT2D eigenvalue weighted by Crippen LogP contribution is -2.45. The molecule has 1 aliphatic heterocycles. The summed E-state index contributed by atoms with van der Waals surface area (Å²) >= 11 is 0. The highest BCUT2D eigenvalue weighted by Crippen LogP contribution is 2.25. The third kappa shape index (κ3) is 3.96. The molecule has 2 N–H and O–H groups in total. The molecule has 1 aromatic carbocycles. The minimum atomic E-state index is -3.35. The van der Waals surface area contributed by atoms with Gasteiger partial charge in [-0.25, -0.2) is 13.1 Å². The summed E-state index contributed by atoms with van der Waals surface area (Å²) in [5, 5.41) is 3.41. The van der Waals surface area contributed by atoms with Crippen LogP contribution in [0.15, 0.2) is 29.2 Å². The molecule has 1 aromatic rings. The van der Waals surface area contributed by atoms with Crippen LogP contribution in [0.4, 0.5) is 5.69 Å². The number of rotatable bonds is 6. The summed E-state index contributed by atoms with van der Waals surface area (Å²) in [6.07, 6.45) is 3.64. The van der Waals surface area contributed by atoms with Crippen molar-refractivity contribution in [2.24, 2.45) is 0 Å². The van der Waals surface area contributed by atoms with E-state index >= 15 is 0 Å². The minimum absolute atomic E-state index is 0.314. The Hall–Kier alpha value is -1.11. The molecule has 118 valence electrons. The summed E-state index contributed by atoms with van der Waals surface area (Å²) < 4.78 is 25.9. The van der Waals surface area contributed by atoms with Crippen LogP contribution in [0.2, 0.25) is 0 Å². The Morgan fingerprint density at radius 3 is 2.57 bits per heavy atom. The van der Waals surface area contributed by atoms with Crippen LogP contribution in [-0.4, -0.2) is 41.1 Å². The molecule has 1 heterocycles. The predicted octanol–water partition coefficient (Wildman–Crippen LogP) is 1.56. The topological polar surface area (TPSA) is 61.4 Å². The zero-order valence-corrected chi connectivity index (χ0v) is 13.6. The van der Waals surface area contributed by atoms with E-state index in [2.05, 4.69) is 21.9 Å². The molecular weight excluding hydrogens is 286 g/mol. The number of nitrogens with one attached hydrogen (secondary N) is 2. The fourth-order valence-electron chi connectivity index (χ4n) is 2.80. The van der Waals surface area contributed by atoms with Gasteiger partial charge in [-0.1, -0.05) is 6.92 Å². The highest BCUT2D eigenvalue weighted by atomic mass is 32.2. The molecule has 0 amide bonds. The van der Waals surface area contributed by atoms with Crippen molar-refractivity contribution < 1.29 is 8.42 Å². The average Bonchev–Trinajstić information content (AvgIpc) is 2.53. The van der Waals surface area contributed by atoms with Crippen molar-refractivity contribution in [2.75, 3.05) is 31.6 Å². The van der Waals surface area contributed by atoms with Crippen molar-refractivity contribution in [1.29, 1.82) is 0 Å². The number of sulfonamides is 1. The zero-order valence-electron chi connectivity index (χ0n) is 12.8. The minimum Gasteiger partial charge on any atom is -0.367 e. The molecule has 2 rings (SSSR count). The van der Waals surface area contributed by atoms with E-state index in [9.17, 15) is 8.42 Å². The van der Waals surface area contributed by atoms with Gasteiger partial charge in [0, 0.05) is 24.8 Å². The summed E-state index contributed by atoms with van der Waals surface area (Å²) in [5.41, 5.74) is 1.10. The van der Waals surface area contributed by atoms with Gasteiger partial charge in [0.05, 0.1) is 4.90 Å². The van der Waals surface area contributed by atoms with Crippen LogP contribution in [0.25, 0.3) is 0 Å². The molecule has 6 heteroatoms. The first-order chi connectivity index (χ1) is 10.1. The first kappa shape index (κ1) is 16.3. The molecule has 0 aromatic heterocycles. The first-order valence-electron chi connectivity index (χ1n) is 7.59. The van der Waals surface area contributed by atoms with E-state index in [1.165, 1.54) is 26.3 Å². The lowest BCUT2D eigenvalue weighted by atomic mass is 10.0. The van der Waals surface area contributed by atoms with E-state index in [1.54, 1.807) is 12.1 Å². The quantitative estimate of drug-likeness (QED) is 0.837. The second-order valence-corrected chi connectivity index (χ2v) is 7.24. The molecule has 0 radical (unpaired) electrons. The lowest BCUT2D eigenvalue weighted by molar-refractivity contribution is 0.439. The molecule has 1 saturated heterocycles. The maximum atomic E-state index is 11.8. The average molecular weight is 311 g/mol. The Labute approximate surface area is 127 Å². The molecule has 21 heavy (non-hydrogen) atoms. The van der Waals surface area contributed by atoms with Gasteiger partial charge in [0.2, 0.25) is 10.0 Å². The summed E-state index contributed by atoms with van der Waals surface area (Å²) in [7, 11) is -1.92. The van der Waals surface area contributed by atoms with Crippen LogP contribution in [0.5, 0.6) is 0 Å². The number of anilines is 1. The fraction of sp³-hybridized carbons (Fsp3) is 0.600. The Balaban J connectivity index is 2.16. The second-order valence-electron chi connectivity index (χ2n) is 5.35. The molecule has 0 saturated carbocycles. The van der Waals surface area contributed by atoms with Gasteiger partial charge in [-0.15, -0.1) is 0 Å². The highest BCUT2D eigenvalue weighted by molar-refractivity contribution is 7.89. The van der Waals surface area contributed by atoms with Crippen molar-refractivity contribution in [3.8, 4) is 0 Å². The summed E-state index contributed by atoms with van der Waals surface area (Å²) in [4.78, 5) is 2.70.